The van der Waals surface area contributed by atoms with Crippen molar-refractivity contribution in [2.45, 2.75) is 19.6 Å². The Hall–Kier alpha value is -3.52. The van der Waals surface area contributed by atoms with Gasteiger partial charge in [-0.3, -0.25) is 0 Å². The Morgan fingerprint density at radius 3 is 2.83 bits per heavy atom. The van der Waals surface area contributed by atoms with E-state index in [2.05, 4.69) is 38.4 Å². The van der Waals surface area contributed by atoms with Crippen LogP contribution in [0.15, 0.2) is 71.2 Å². The predicted molar refractivity (Wildman–Crippen MR) is 110 cm³/mol. The van der Waals surface area contributed by atoms with Crippen LogP contribution in [0.5, 0.6) is 0 Å². The number of anilines is 1. The van der Waals surface area contributed by atoms with Crippen LogP contribution in [0, 0.1) is 0 Å². The minimum absolute atomic E-state index is 0.204. The number of aromatic nitrogens is 4. The summed E-state index contributed by atoms with van der Waals surface area (Å²) < 4.78 is 8.44. The van der Waals surface area contributed by atoms with Crippen molar-refractivity contribution < 1.29 is 9.53 Å². The number of hydrogen-bond donors (Lipinski definition) is 1. The van der Waals surface area contributed by atoms with Gasteiger partial charge in [-0.05, 0) is 39.7 Å². The molecule has 4 aromatic rings. The van der Waals surface area contributed by atoms with Gasteiger partial charge in [0.05, 0.1) is 5.57 Å². The molecule has 8 heteroatoms. The molecule has 0 radical (unpaired) electrons. The Kier molecular flexibility index (Phi) is 4.33. The van der Waals surface area contributed by atoms with Crippen LogP contribution in [-0.2, 0) is 16.1 Å². The van der Waals surface area contributed by atoms with Crippen LogP contribution < -0.4 is 5.32 Å². The van der Waals surface area contributed by atoms with Crippen LogP contribution in [0.2, 0.25) is 0 Å². The van der Waals surface area contributed by atoms with Crippen LogP contribution in [0.1, 0.15) is 24.1 Å². The number of nitrogens with one attached hydrogen (secondary N) is 1. The van der Waals surface area contributed by atoms with Gasteiger partial charge < -0.3 is 10.1 Å². The molecule has 29 heavy (non-hydrogen) atoms. The summed E-state index contributed by atoms with van der Waals surface area (Å²) in [4.78, 5) is 13.2. The number of benzene rings is 2. The topological polar surface area (TPSA) is 81.9 Å². The lowest BCUT2D eigenvalue weighted by Gasteiger charge is -2.27. The highest BCUT2D eigenvalue weighted by molar-refractivity contribution is 7.17. The highest BCUT2D eigenvalue weighted by atomic mass is 32.1. The lowest BCUT2D eigenvalue weighted by molar-refractivity contribution is -0.140. The number of esters is 1. The maximum atomic E-state index is 13.2. The average Bonchev–Trinajstić information content (AvgIpc) is 3.38. The lowest BCUT2D eigenvalue weighted by Crippen LogP contribution is -2.29. The molecule has 3 heterocycles. The molecule has 0 saturated carbocycles. The molecule has 0 spiro atoms. The minimum Gasteiger partial charge on any atom is -0.457 e. The maximum absolute atomic E-state index is 13.2. The molecule has 2 aromatic carbocycles. The number of hydrogen-bond acceptors (Lipinski definition) is 7. The van der Waals surface area contributed by atoms with Gasteiger partial charge in [-0.1, -0.05) is 53.6 Å². The molecule has 1 unspecified atom stereocenters. The first kappa shape index (κ1) is 17.6. The van der Waals surface area contributed by atoms with Crippen LogP contribution in [0.25, 0.3) is 10.1 Å². The van der Waals surface area contributed by atoms with E-state index in [9.17, 15) is 4.79 Å². The summed E-state index contributed by atoms with van der Waals surface area (Å²) in [6.07, 6.45) is 0. The Morgan fingerprint density at radius 1 is 1.17 bits per heavy atom. The second-order valence-corrected chi connectivity index (χ2v) is 7.67. The van der Waals surface area contributed by atoms with Crippen molar-refractivity contribution in [2.24, 2.45) is 0 Å². The summed E-state index contributed by atoms with van der Waals surface area (Å²) in [6.45, 7) is 2.05. The Bertz CT molecular complexity index is 1230. The van der Waals surface area contributed by atoms with E-state index >= 15 is 0 Å². The third-order valence-corrected chi connectivity index (χ3v) is 5.93. The molecule has 1 aliphatic heterocycles. The van der Waals surface area contributed by atoms with E-state index in [1.807, 2.05) is 49.4 Å². The van der Waals surface area contributed by atoms with Crippen molar-refractivity contribution in [3.8, 4) is 0 Å². The third kappa shape index (κ3) is 3.07. The van der Waals surface area contributed by atoms with Crippen LogP contribution >= 0.6 is 11.3 Å². The van der Waals surface area contributed by atoms with Crippen molar-refractivity contribution in [3.63, 3.8) is 0 Å². The van der Waals surface area contributed by atoms with E-state index < -0.39 is 6.04 Å². The standard InChI is InChI=1S/C21H17N5O2S/c1-13-18(20(27)28-11-14-7-3-2-4-8-14)19(26-21(22-13)23-24-25-26)16-12-29-17-10-6-5-9-15(16)17/h2-10,12,19H,11H2,1H3,(H,22,23,25). The first-order valence-electron chi connectivity index (χ1n) is 9.15. The number of allylic oxidation sites excluding steroid dienone is 1. The van der Waals surface area contributed by atoms with Gasteiger partial charge in [-0.15, -0.1) is 11.3 Å². The molecule has 1 atom stereocenters. The van der Waals surface area contributed by atoms with E-state index in [1.165, 1.54) is 0 Å². The third-order valence-electron chi connectivity index (χ3n) is 4.95. The number of nitrogens with zero attached hydrogens (tertiary/aromatic N) is 4. The highest BCUT2D eigenvalue weighted by Gasteiger charge is 2.36. The van der Waals surface area contributed by atoms with E-state index in [4.69, 9.17) is 4.74 Å². The number of rotatable bonds is 4. The average molecular weight is 403 g/mol. The molecule has 5 rings (SSSR count). The van der Waals surface area contributed by atoms with Gasteiger partial charge in [0, 0.05) is 16.0 Å². The summed E-state index contributed by atoms with van der Waals surface area (Å²) >= 11 is 1.63. The van der Waals surface area contributed by atoms with Gasteiger partial charge in [0.25, 0.3) is 0 Å². The van der Waals surface area contributed by atoms with Crippen LogP contribution in [0.4, 0.5) is 5.95 Å². The first-order valence-corrected chi connectivity index (χ1v) is 10.0. The van der Waals surface area contributed by atoms with Gasteiger partial charge >= 0.3 is 5.97 Å². The quantitative estimate of drug-likeness (QED) is 0.520. The molecule has 0 fully saturated rings. The first-order chi connectivity index (χ1) is 14.2. The summed E-state index contributed by atoms with van der Waals surface area (Å²) in [5.41, 5.74) is 3.10. The summed E-state index contributed by atoms with van der Waals surface area (Å²) in [5.74, 6) is 0.114. The smallest absolute Gasteiger partial charge is 0.338 e. The number of carbonyl (C=O) groups excluding carboxylic acids is 1. The number of carbonyl (C=O) groups is 1. The number of ether oxygens (including phenoxy) is 1. The van der Waals surface area contributed by atoms with Gasteiger partial charge in [0.15, 0.2) is 0 Å². The molecule has 0 bridgehead atoms. The van der Waals surface area contributed by atoms with E-state index in [1.54, 1.807) is 16.0 Å². The molecular weight excluding hydrogens is 386 g/mol. The molecule has 1 N–H and O–H groups in total. The molecule has 0 amide bonds. The van der Waals surface area contributed by atoms with Crippen molar-refractivity contribution in [1.82, 2.24) is 20.2 Å². The number of thiophene rings is 1. The zero-order valence-corrected chi connectivity index (χ0v) is 16.4. The maximum Gasteiger partial charge on any atom is 0.338 e. The van der Waals surface area contributed by atoms with Crippen LogP contribution in [-0.4, -0.2) is 26.2 Å². The largest absolute Gasteiger partial charge is 0.457 e. The van der Waals surface area contributed by atoms with Crippen LogP contribution in [0.3, 0.4) is 0 Å². The van der Waals surface area contributed by atoms with Crippen molar-refractivity contribution >= 4 is 33.3 Å². The zero-order chi connectivity index (χ0) is 19.8. The fourth-order valence-corrected chi connectivity index (χ4v) is 4.55. The normalized spacial score (nSPS) is 15.8. The second-order valence-electron chi connectivity index (χ2n) is 6.76. The fraction of sp³-hybridized carbons (Fsp3) is 0.143. The Labute approximate surface area is 170 Å². The Morgan fingerprint density at radius 2 is 1.97 bits per heavy atom. The van der Waals surface area contributed by atoms with Gasteiger partial charge in [-0.2, -0.15) is 4.68 Å². The Balaban J connectivity index is 1.56. The second kappa shape index (κ2) is 7.14. The molecule has 0 aliphatic carbocycles. The molecular formula is C21H17N5O2S. The molecule has 2 aromatic heterocycles. The van der Waals surface area contributed by atoms with Gasteiger partial charge in [-0.25, -0.2) is 4.79 Å². The number of tetrazole rings is 1. The predicted octanol–water partition coefficient (Wildman–Crippen LogP) is 3.92. The van der Waals surface area contributed by atoms with E-state index in [0.717, 1.165) is 21.2 Å². The van der Waals surface area contributed by atoms with Gasteiger partial charge in [0.2, 0.25) is 5.95 Å². The summed E-state index contributed by atoms with van der Waals surface area (Å²) in [5, 5.41) is 18.2. The van der Waals surface area contributed by atoms with Crippen molar-refractivity contribution in [2.75, 3.05) is 5.32 Å². The molecule has 1 aliphatic rings. The highest BCUT2D eigenvalue weighted by Crippen LogP contribution is 2.40. The van der Waals surface area contributed by atoms with Crippen molar-refractivity contribution in [1.29, 1.82) is 0 Å². The molecule has 0 saturated heterocycles. The van der Waals surface area contributed by atoms with Crippen molar-refractivity contribution in [3.05, 3.63) is 82.4 Å². The number of fused-ring (bicyclic) bond motifs is 2. The van der Waals surface area contributed by atoms with E-state index in [-0.39, 0.29) is 12.6 Å². The van der Waals surface area contributed by atoms with E-state index in [0.29, 0.717) is 17.2 Å². The molecule has 144 valence electrons. The summed E-state index contributed by atoms with van der Waals surface area (Å²) in [7, 11) is 0. The molecule has 7 nitrogen and oxygen atoms in total. The fourth-order valence-electron chi connectivity index (χ4n) is 3.58. The summed E-state index contributed by atoms with van der Waals surface area (Å²) in [6, 6.07) is 17.3. The lowest BCUT2D eigenvalue weighted by atomic mass is 9.95. The minimum atomic E-state index is -0.458. The SMILES string of the molecule is CC1=C(C(=O)OCc2ccccc2)C(c2csc3ccccc23)n2nnnc2N1. The zero-order valence-electron chi connectivity index (χ0n) is 15.6. The monoisotopic (exact) mass is 403 g/mol. The van der Waals surface area contributed by atoms with Gasteiger partial charge in [0.1, 0.15) is 12.6 Å².